The highest BCUT2D eigenvalue weighted by Crippen LogP contribution is 2.30. The molecular weight excluding hydrogens is 674 g/mol. The van der Waals surface area contributed by atoms with Gasteiger partial charge in [-0.1, -0.05) is 88.2 Å². The molecule has 1 atom stereocenters. The molecular formula is C35H37BrClN3O4S. The molecule has 0 bridgehead atoms. The van der Waals surface area contributed by atoms with E-state index in [2.05, 4.69) is 21.2 Å². The number of amides is 2. The summed E-state index contributed by atoms with van der Waals surface area (Å²) in [5, 5.41) is 3.48. The molecule has 0 aromatic heterocycles. The number of nitrogens with zero attached hydrogens (tertiary/aromatic N) is 2. The number of anilines is 1. The van der Waals surface area contributed by atoms with Crippen molar-refractivity contribution in [1.82, 2.24) is 10.2 Å². The first kappa shape index (κ1) is 34.2. The Kier molecular flexibility index (Phi) is 11.1. The average Bonchev–Trinajstić information content (AvgIpc) is 2.99. The monoisotopic (exact) mass is 709 g/mol. The van der Waals surface area contributed by atoms with E-state index in [1.807, 2.05) is 75.4 Å². The maximum Gasteiger partial charge on any atom is 0.264 e. The molecule has 7 nitrogen and oxygen atoms in total. The molecule has 0 aliphatic heterocycles. The fourth-order valence-electron chi connectivity index (χ4n) is 4.93. The Bertz CT molecular complexity index is 1730. The summed E-state index contributed by atoms with van der Waals surface area (Å²) in [6.45, 7) is 6.92. The lowest BCUT2D eigenvalue weighted by atomic mass is 10.0. The number of sulfonamides is 1. The summed E-state index contributed by atoms with van der Waals surface area (Å²) >= 11 is 9.68. The van der Waals surface area contributed by atoms with Crippen LogP contribution in [0.1, 0.15) is 37.5 Å². The molecule has 1 N–H and O–H groups in total. The summed E-state index contributed by atoms with van der Waals surface area (Å²) in [7, 11) is -4.19. The van der Waals surface area contributed by atoms with Gasteiger partial charge in [0.05, 0.1) is 10.6 Å². The van der Waals surface area contributed by atoms with Gasteiger partial charge >= 0.3 is 0 Å². The summed E-state index contributed by atoms with van der Waals surface area (Å²) in [6, 6.07) is 28.8. The van der Waals surface area contributed by atoms with Gasteiger partial charge in [-0.25, -0.2) is 8.42 Å². The third-order valence-electron chi connectivity index (χ3n) is 7.07. The number of hydrogen-bond donors (Lipinski definition) is 1. The second-order valence-electron chi connectivity index (χ2n) is 11.8. The van der Waals surface area contributed by atoms with E-state index in [1.165, 1.54) is 17.0 Å². The minimum absolute atomic E-state index is 0.0397. The standard InChI is InChI=1S/C35H37BrClN3O4S/c1-25-21-29(37)19-20-31(25)40(45(43,44)30-13-9-6-10-14-30)24-33(41)39(23-27-15-17-28(36)18-16-27)32(34(42)38-35(2,3)4)22-26-11-7-5-8-12-26/h5-21,32H,22-24H2,1-4H3,(H,38,42). The van der Waals surface area contributed by atoms with E-state index >= 15 is 0 Å². The first-order valence-electron chi connectivity index (χ1n) is 14.5. The molecule has 0 fully saturated rings. The summed E-state index contributed by atoms with van der Waals surface area (Å²) in [5.41, 5.74) is 1.98. The SMILES string of the molecule is Cc1cc(Cl)ccc1N(CC(=O)N(Cc1ccc(Br)cc1)C(Cc1ccccc1)C(=O)NC(C)(C)C)S(=O)(=O)c1ccccc1. The van der Waals surface area contributed by atoms with Crippen molar-refractivity contribution in [2.75, 3.05) is 10.8 Å². The van der Waals surface area contributed by atoms with Crippen molar-refractivity contribution < 1.29 is 18.0 Å². The van der Waals surface area contributed by atoms with Crippen LogP contribution < -0.4 is 9.62 Å². The largest absolute Gasteiger partial charge is 0.350 e. The molecule has 0 saturated heterocycles. The summed E-state index contributed by atoms with van der Waals surface area (Å²) < 4.78 is 30.3. The highest BCUT2D eigenvalue weighted by atomic mass is 79.9. The maximum atomic E-state index is 14.6. The van der Waals surface area contributed by atoms with Crippen LogP contribution in [0.5, 0.6) is 0 Å². The summed E-state index contributed by atoms with van der Waals surface area (Å²) in [4.78, 5) is 30.0. The predicted molar refractivity (Wildman–Crippen MR) is 184 cm³/mol. The minimum atomic E-state index is -4.19. The summed E-state index contributed by atoms with van der Waals surface area (Å²) in [6.07, 6.45) is 0.233. The molecule has 2 amide bonds. The second kappa shape index (κ2) is 14.6. The van der Waals surface area contributed by atoms with Crippen molar-refractivity contribution in [1.29, 1.82) is 0 Å². The van der Waals surface area contributed by atoms with Crippen LogP contribution in [0.2, 0.25) is 5.02 Å². The van der Waals surface area contributed by atoms with E-state index in [0.29, 0.717) is 16.3 Å². The van der Waals surface area contributed by atoms with Crippen molar-refractivity contribution in [3.8, 4) is 0 Å². The molecule has 4 aromatic carbocycles. The molecule has 10 heteroatoms. The van der Waals surface area contributed by atoms with Gasteiger partial charge in [0.2, 0.25) is 11.8 Å². The Morgan fingerprint density at radius 3 is 2.04 bits per heavy atom. The van der Waals surface area contributed by atoms with Crippen LogP contribution in [0.3, 0.4) is 0 Å². The van der Waals surface area contributed by atoms with Crippen molar-refractivity contribution in [2.45, 2.75) is 57.1 Å². The Morgan fingerprint density at radius 2 is 1.47 bits per heavy atom. The number of rotatable bonds is 11. The molecule has 0 aliphatic rings. The third-order valence-corrected chi connectivity index (χ3v) is 9.61. The van der Waals surface area contributed by atoms with E-state index in [-0.39, 0.29) is 23.8 Å². The predicted octanol–water partition coefficient (Wildman–Crippen LogP) is 7.16. The maximum absolute atomic E-state index is 14.6. The molecule has 4 aromatic rings. The van der Waals surface area contributed by atoms with Crippen LogP contribution in [-0.2, 0) is 32.6 Å². The van der Waals surface area contributed by atoms with Gasteiger partial charge in [0.1, 0.15) is 12.6 Å². The van der Waals surface area contributed by atoms with E-state index in [0.717, 1.165) is 19.9 Å². The lowest BCUT2D eigenvalue weighted by molar-refractivity contribution is -0.140. The van der Waals surface area contributed by atoms with Crippen LogP contribution in [0.25, 0.3) is 0 Å². The molecule has 45 heavy (non-hydrogen) atoms. The number of nitrogens with one attached hydrogen (secondary N) is 1. The first-order valence-corrected chi connectivity index (χ1v) is 17.1. The Hall–Kier alpha value is -3.66. The number of hydrogen-bond acceptors (Lipinski definition) is 4. The average molecular weight is 711 g/mol. The third kappa shape index (κ3) is 9.19. The fraction of sp³-hybridized carbons (Fsp3) is 0.257. The van der Waals surface area contributed by atoms with Crippen molar-refractivity contribution in [3.63, 3.8) is 0 Å². The van der Waals surface area contributed by atoms with Crippen molar-refractivity contribution >= 4 is 55.1 Å². The number of halogens is 2. The number of benzene rings is 4. The van der Waals surface area contributed by atoms with E-state index < -0.39 is 34.1 Å². The van der Waals surface area contributed by atoms with Gasteiger partial charge in [-0.15, -0.1) is 0 Å². The number of aryl methyl sites for hydroxylation is 1. The highest BCUT2D eigenvalue weighted by molar-refractivity contribution is 9.10. The van der Waals surface area contributed by atoms with Crippen molar-refractivity contribution in [3.05, 3.63) is 129 Å². The second-order valence-corrected chi connectivity index (χ2v) is 15.1. The fourth-order valence-corrected chi connectivity index (χ4v) is 6.92. The lowest BCUT2D eigenvalue weighted by Gasteiger charge is -2.35. The summed E-state index contributed by atoms with van der Waals surface area (Å²) in [5.74, 6) is -0.867. The van der Waals surface area contributed by atoms with Gasteiger partial charge in [0.25, 0.3) is 10.0 Å². The van der Waals surface area contributed by atoms with Gasteiger partial charge in [-0.2, -0.15) is 0 Å². The molecule has 0 heterocycles. The molecule has 236 valence electrons. The zero-order chi connectivity index (χ0) is 32.8. The molecule has 0 radical (unpaired) electrons. The minimum Gasteiger partial charge on any atom is -0.350 e. The number of carbonyl (C=O) groups is 2. The normalized spacial score (nSPS) is 12.3. The Balaban J connectivity index is 1.83. The molecule has 4 rings (SSSR count). The van der Waals surface area contributed by atoms with Crippen molar-refractivity contribution in [2.24, 2.45) is 0 Å². The van der Waals surface area contributed by atoms with Gasteiger partial charge in [0, 0.05) is 28.0 Å². The Labute approximate surface area is 279 Å². The van der Waals surface area contributed by atoms with Gasteiger partial charge in [0.15, 0.2) is 0 Å². The first-order chi connectivity index (χ1) is 21.2. The van der Waals surface area contributed by atoms with E-state index in [9.17, 15) is 18.0 Å². The highest BCUT2D eigenvalue weighted by Gasteiger charge is 2.36. The zero-order valence-electron chi connectivity index (χ0n) is 25.7. The molecule has 0 spiro atoms. The zero-order valence-corrected chi connectivity index (χ0v) is 28.9. The van der Waals surface area contributed by atoms with Gasteiger partial charge in [-0.3, -0.25) is 13.9 Å². The smallest absolute Gasteiger partial charge is 0.264 e. The molecule has 0 saturated carbocycles. The van der Waals surface area contributed by atoms with Gasteiger partial charge in [-0.05, 0) is 86.8 Å². The lowest BCUT2D eigenvalue weighted by Crippen LogP contribution is -2.56. The van der Waals surface area contributed by atoms with Crippen LogP contribution >= 0.6 is 27.5 Å². The van der Waals surface area contributed by atoms with Crippen LogP contribution in [0.15, 0.2) is 112 Å². The van der Waals surface area contributed by atoms with Crippen LogP contribution in [0.4, 0.5) is 5.69 Å². The number of carbonyl (C=O) groups excluding carboxylic acids is 2. The van der Waals surface area contributed by atoms with E-state index in [4.69, 9.17) is 11.6 Å². The molecule has 1 unspecified atom stereocenters. The molecule has 0 aliphatic carbocycles. The van der Waals surface area contributed by atoms with E-state index in [1.54, 1.807) is 43.3 Å². The van der Waals surface area contributed by atoms with Gasteiger partial charge < -0.3 is 10.2 Å². The van der Waals surface area contributed by atoms with Crippen LogP contribution in [-0.4, -0.2) is 43.3 Å². The van der Waals surface area contributed by atoms with Crippen LogP contribution in [0, 0.1) is 6.92 Å². The quantitative estimate of drug-likeness (QED) is 0.179. The Morgan fingerprint density at radius 1 is 0.867 bits per heavy atom. The topological polar surface area (TPSA) is 86.8 Å².